The number of hydrogen-bond donors (Lipinski definition) is 0. The van der Waals surface area contributed by atoms with E-state index in [0.717, 1.165) is 0 Å². The Hall–Kier alpha value is -1.82. The molecule has 25 heavy (non-hydrogen) atoms. The van der Waals surface area contributed by atoms with Gasteiger partial charge in [-0.05, 0) is 66.0 Å². The third-order valence-corrected chi connectivity index (χ3v) is 4.20. The topological polar surface area (TPSA) is 0 Å². The van der Waals surface area contributed by atoms with Gasteiger partial charge >= 0.3 is 0 Å². The molecule has 0 amide bonds. The average Bonchev–Trinajstić information content (AvgIpc) is 2.72. The summed E-state index contributed by atoms with van der Waals surface area (Å²) in [4.78, 5) is 0. The molecule has 2 aliphatic rings. The first-order valence-electron chi connectivity index (χ1n) is 10.1. The van der Waals surface area contributed by atoms with Crippen molar-refractivity contribution in [3.8, 4) is 0 Å². The molecule has 0 saturated heterocycles. The van der Waals surface area contributed by atoms with Gasteiger partial charge in [-0.2, -0.15) is 0 Å². The van der Waals surface area contributed by atoms with Gasteiger partial charge in [-0.25, -0.2) is 0 Å². The molecule has 0 radical (unpaired) electrons. The third kappa shape index (κ3) is 5.59. The van der Waals surface area contributed by atoms with Crippen molar-refractivity contribution in [1.82, 2.24) is 0 Å². The lowest BCUT2D eigenvalue weighted by atomic mass is 9.79. The number of rotatable bonds is 2. The maximum Gasteiger partial charge on any atom is -0.0146 e. The van der Waals surface area contributed by atoms with E-state index in [0.29, 0.717) is 0 Å². The monoisotopic (exact) mass is 338 g/mol. The van der Waals surface area contributed by atoms with Gasteiger partial charge in [-0.3, -0.25) is 0 Å². The molecular formula is C25H38. The van der Waals surface area contributed by atoms with Crippen LogP contribution in [-0.2, 0) is 12.8 Å². The quantitative estimate of drug-likeness (QED) is 0.477. The molecule has 1 aromatic rings. The zero-order valence-electron chi connectivity index (χ0n) is 17.6. The molecule has 0 heterocycles. The second-order valence-electron chi connectivity index (χ2n) is 5.30. The molecule has 0 heteroatoms. The maximum atomic E-state index is 3.79. The Morgan fingerprint density at radius 3 is 1.80 bits per heavy atom. The van der Waals surface area contributed by atoms with E-state index in [9.17, 15) is 0 Å². The summed E-state index contributed by atoms with van der Waals surface area (Å²) < 4.78 is 0. The van der Waals surface area contributed by atoms with E-state index in [2.05, 4.69) is 43.9 Å². The number of allylic oxidation sites excluding steroid dienone is 4. The Labute approximate surface area is 157 Å². The molecule has 1 aromatic carbocycles. The predicted molar refractivity (Wildman–Crippen MR) is 119 cm³/mol. The van der Waals surface area contributed by atoms with Crippen LogP contribution in [0.4, 0.5) is 0 Å². The van der Waals surface area contributed by atoms with Crippen LogP contribution >= 0.6 is 0 Å². The first-order chi connectivity index (χ1) is 12.3. The van der Waals surface area contributed by atoms with Gasteiger partial charge in [0.15, 0.2) is 0 Å². The van der Waals surface area contributed by atoms with Gasteiger partial charge < -0.3 is 0 Å². The van der Waals surface area contributed by atoms with Crippen LogP contribution in [0.15, 0.2) is 30.9 Å². The van der Waals surface area contributed by atoms with E-state index in [1.54, 1.807) is 11.1 Å². The zero-order valence-corrected chi connectivity index (χ0v) is 17.6. The van der Waals surface area contributed by atoms with Crippen molar-refractivity contribution in [3.63, 3.8) is 0 Å². The Balaban J connectivity index is 0.000000871. The fourth-order valence-corrected chi connectivity index (χ4v) is 3.28. The molecule has 0 atom stereocenters. The van der Waals surface area contributed by atoms with E-state index >= 15 is 0 Å². The summed E-state index contributed by atoms with van der Waals surface area (Å²) in [5, 5.41) is 0. The first-order valence-corrected chi connectivity index (χ1v) is 10.1. The van der Waals surface area contributed by atoms with E-state index in [4.69, 9.17) is 0 Å². The maximum absolute atomic E-state index is 3.79. The Bertz CT molecular complexity index is 610. The van der Waals surface area contributed by atoms with Gasteiger partial charge in [0.25, 0.3) is 0 Å². The summed E-state index contributed by atoms with van der Waals surface area (Å²) in [6.07, 6.45) is 20.1. The fraction of sp³-hybridized carbons (Fsp3) is 0.440. The molecule has 0 spiro atoms. The van der Waals surface area contributed by atoms with Crippen molar-refractivity contribution in [2.24, 2.45) is 0 Å². The number of benzene rings is 1. The normalized spacial score (nSPS) is 13.2. The van der Waals surface area contributed by atoms with Gasteiger partial charge in [0.05, 0.1) is 0 Å². The Kier molecular flexibility index (Phi) is 12.5. The second kappa shape index (κ2) is 13.5. The minimum Gasteiger partial charge on any atom is -0.0991 e. The SMILES string of the molecule is C=C/C=C\c1c(C)c2c(c3c1C=CCC3)CCC=C2.CC.CC.CC. The molecule has 0 aliphatic heterocycles. The van der Waals surface area contributed by atoms with Crippen LogP contribution in [0.2, 0.25) is 0 Å². The molecule has 0 saturated carbocycles. The number of hydrogen-bond acceptors (Lipinski definition) is 0. The smallest absolute Gasteiger partial charge is 0.0146 e. The molecule has 0 N–H and O–H groups in total. The van der Waals surface area contributed by atoms with Crippen LogP contribution in [0, 0.1) is 6.92 Å². The van der Waals surface area contributed by atoms with Gasteiger partial charge in [0.1, 0.15) is 0 Å². The van der Waals surface area contributed by atoms with Gasteiger partial charge in [-0.1, -0.05) is 90.7 Å². The minimum atomic E-state index is 1.18. The lowest BCUT2D eigenvalue weighted by Crippen LogP contribution is -2.09. The summed E-state index contributed by atoms with van der Waals surface area (Å²) in [6, 6.07) is 0. The third-order valence-electron chi connectivity index (χ3n) is 4.20. The lowest BCUT2D eigenvalue weighted by Gasteiger charge is -2.25. The van der Waals surface area contributed by atoms with E-state index in [1.165, 1.54) is 47.9 Å². The highest BCUT2D eigenvalue weighted by Crippen LogP contribution is 2.36. The van der Waals surface area contributed by atoms with Crippen LogP contribution in [0.3, 0.4) is 0 Å². The molecule has 0 aromatic heterocycles. The van der Waals surface area contributed by atoms with Crippen molar-refractivity contribution >= 4 is 18.2 Å². The van der Waals surface area contributed by atoms with Crippen molar-refractivity contribution < 1.29 is 0 Å². The van der Waals surface area contributed by atoms with Crippen LogP contribution < -0.4 is 0 Å². The van der Waals surface area contributed by atoms with E-state index in [-0.39, 0.29) is 0 Å². The van der Waals surface area contributed by atoms with Gasteiger partial charge in [0.2, 0.25) is 0 Å². The number of fused-ring (bicyclic) bond motifs is 3. The van der Waals surface area contributed by atoms with Gasteiger partial charge in [-0.15, -0.1) is 0 Å². The van der Waals surface area contributed by atoms with Crippen molar-refractivity contribution in [1.29, 1.82) is 0 Å². The van der Waals surface area contributed by atoms with Crippen molar-refractivity contribution in [3.05, 3.63) is 64.3 Å². The van der Waals surface area contributed by atoms with Crippen LogP contribution in [-0.4, -0.2) is 0 Å². The Morgan fingerprint density at radius 2 is 1.28 bits per heavy atom. The van der Waals surface area contributed by atoms with Crippen LogP contribution in [0.5, 0.6) is 0 Å². The van der Waals surface area contributed by atoms with Crippen molar-refractivity contribution in [2.45, 2.75) is 74.1 Å². The highest BCUT2D eigenvalue weighted by Gasteiger charge is 2.20. The fourth-order valence-electron chi connectivity index (χ4n) is 3.28. The molecular weight excluding hydrogens is 300 g/mol. The summed E-state index contributed by atoms with van der Waals surface area (Å²) >= 11 is 0. The van der Waals surface area contributed by atoms with Crippen LogP contribution in [0.1, 0.15) is 87.8 Å². The lowest BCUT2D eigenvalue weighted by molar-refractivity contribution is 0.901. The molecule has 138 valence electrons. The highest BCUT2D eigenvalue weighted by atomic mass is 14.2. The summed E-state index contributed by atoms with van der Waals surface area (Å²) in [7, 11) is 0. The molecule has 0 bridgehead atoms. The molecule has 0 nitrogen and oxygen atoms in total. The summed E-state index contributed by atoms with van der Waals surface area (Å²) in [5.41, 5.74) is 8.86. The zero-order chi connectivity index (χ0) is 19.2. The average molecular weight is 339 g/mol. The Morgan fingerprint density at radius 1 is 0.800 bits per heavy atom. The van der Waals surface area contributed by atoms with Gasteiger partial charge in [0, 0.05) is 0 Å². The molecule has 0 unspecified atom stereocenters. The predicted octanol–water partition coefficient (Wildman–Crippen LogP) is 8.19. The summed E-state index contributed by atoms with van der Waals surface area (Å²) in [6.45, 7) is 18.0. The molecule has 2 aliphatic carbocycles. The molecule has 3 rings (SSSR count). The highest BCUT2D eigenvalue weighted by molar-refractivity contribution is 5.79. The minimum absolute atomic E-state index is 1.18. The largest absolute Gasteiger partial charge is 0.0991 e. The first kappa shape index (κ1) is 23.2. The van der Waals surface area contributed by atoms with E-state index in [1.807, 2.05) is 53.7 Å². The standard InChI is InChI=1S/C19H20.3C2H6/c1-3-4-9-15-14(2)16-10-5-6-11-18(16)19-13-8-7-12-17(15)19;3*1-2/h3-5,7,9-10,12H,1,6,8,11,13H2,2H3;3*1-2H3/b9-4-;;;. The second-order valence-corrected chi connectivity index (χ2v) is 5.30. The molecule has 0 fully saturated rings. The summed E-state index contributed by atoms with van der Waals surface area (Å²) in [5.74, 6) is 0. The van der Waals surface area contributed by atoms with Crippen molar-refractivity contribution in [2.75, 3.05) is 0 Å². The van der Waals surface area contributed by atoms with Crippen LogP contribution in [0.25, 0.3) is 18.2 Å². The van der Waals surface area contributed by atoms with E-state index < -0.39 is 0 Å².